The smallest absolute Gasteiger partial charge is 0.404 e. The maximum Gasteiger partial charge on any atom is 0.404 e. The molecule has 0 saturated heterocycles. The summed E-state index contributed by atoms with van der Waals surface area (Å²) in [5.41, 5.74) is 4.85. The monoisotopic (exact) mass is 136 g/mol. The van der Waals surface area contributed by atoms with Crippen LogP contribution in [-0.2, 0) is 0 Å². The lowest BCUT2D eigenvalue weighted by Crippen LogP contribution is -2.32. The summed E-state index contributed by atoms with van der Waals surface area (Å²) in [5.74, 6) is 0. The lowest BCUT2D eigenvalue weighted by molar-refractivity contribution is 0.189. The predicted octanol–water partition coefficient (Wildman–Crippen LogP) is -0.449. The van der Waals surface area contributed by atoms with Crippen molar-refractivity contribution in [3.63, 3.8) is 0 Å². The summed E-state index contributed by atoms with van der Waals surface area (Å²) < 4.78 is 12.0. The molecule has 0 aliphatic heterocycles. The van der Waals surface area contributed by atoms with Crippen LogP contribution in [0.15, 0.2) is 0 Å². The highest BCUT2D eigenvalue weighted by Crippen LogP contribution is 1.82. The molecule has 0 aromatic heterocycles. The molecule has 4 N–H and O–H groups in total. The fourth-order valence-electron chi connectivity index (χ4n) is 0.281. The zero-order valence-electron chi connectivity index (χ0n) is 4.80. The van der Waals surface area contributed by atoms with Crippen LogP contribution in [0, 0.1) is 0 Å². The van der Waals surface area contributed by atoms with Crippen LogP contribution in [0.1, 0.15) is 0 Å². The number of alkyl halides is 1. The molecule has 1 amide bonds. The van der Waals surface area contributed by atoms with E-state index in [1.807, 2.05) is 5.32 Å². The fraction of sp³-hybridized carbons (Fsp3) is 0.750. The van der Waals surface area contributed by atoms with E-state index in [2.05, 4.69) is 0 Å². The van der Waals surface area contributed by atoms with Crippen molar-refractivity contribution in [2.75, 3.05) is 13.1 Å². The third-order valence-electron chi connectivity index (χ3n) is 0.731. The Morgan fingerprint density at radius 1 is 1.89 bits per heavy atom. The number of halogens is 1. The second-order valence-electron chi connectivity index (χ2n) is 1.52. The number of amides is 1. The largest absolute Gasteiger partial charge is 0.465 e. The number of nitrogens with one attached hydrogen (secondary N) is 1. The van der Waals surface area contributed by atoms with E-state index >= 15 is 0 Å². The van der Waals surface area contributed by atoms with Crippen LogP contribution in [0.4, 0.5) is 9.18 Å². The lowest BCUT2D eigenvalue weighted by Gasteiger charge is -2.02. The summed E-state index contributed by atoms with van der Waals surface area (Å²) in [7, 11) is 0. The molecule has 0 radical (unpaired) electrons. The van der Waals surface area contributed by atoms with Crippen LogP contribution in [0.3, 0.4) is 0 Å². The van der Waals surface area contributed by atoms with Gasteiger partial charge in [0, 0.05) is 6.54 Å². The van der Waals surface area contributed by atoms with Crippen molar-refractivity contribution >= 4 is 6.09 Å². The first kappa shape index (κ1) is 8.16. The van der Waals surface area contributed by atoms with E-state index in [-0.39, 0.29) is 13.1 Å². The van der Waals surface area contributed by atoms with Gasteiger partial charge in [-0.25, -0.2) is 9.18 Å². The molecular formula is C4H9FN2O2. The molecule has 0 spiro atoms. The van der Waals surface area contributed by atoms with Crippen LogP contribution in [-0.4, -0.2) is 30.5 Å². The van der Waals surface area contributed by atoms with Crippen molar-refractivity contribution in [2.24, 2.45) is 5.73 Å². The zero-order chi connectivity index (χ0) is 7.28. The third-order valence-corrected chi connectivity index (χ3v) is 0.731. The van der Waals surface area contributed by atoms with E-state index in [0.717, 1.165) is 0 Å². The standard InChI is InChI=1S/C4H9FN2O2/c5-3(1-6)2-7-4(8)9/h3,7H,1-2,6H2,(H,8,9). The van der Waals surface area contributed by atoms with Crippen LogP contribution in [0.25, 0.3) is 0 Å². The summed E-state index contributed by atoms with van der Waals surface area (Å²) in [6.07, 6.45) is -2.51. The highest BCUT2D eigenvalue weighted by Gasteiger charge is 2.03. The molecule has 0 saturated carbocycles. The molecule has 5 heteroatoms. The normalized spacial score (nSPS) is 12.7. The molecule has 0 rings (SSSR count). The Kier molecular flexibility index (Phi) is 3.70. The Bertz CT molecular complexity index is 98.6. The average molecular weight is 136 g/mol. The third kappa shape index (κ3) is 5.02. The van der Waals surface area contributed by atoms with Gasteiger partial charge in [-0.05, 0) is 0 Å². The second-order valence-corrected chi connectivity index (χ2v) is 1.52. The molecule has 1 atom stereocenters. The SMILES string of the molecule is NCC(F)CNC(=O)O. The minimum Gasteiger partial charge on any atom is -0.465 e. The zero-order valence-corrected chi connectivity index (χ0v) is 4.80. The van der Waals surface area contributed by atoms with Gasteiger partial charge < -0.3 is 16.2 Å². The Morgan fingerprint density at radius 2 is 2.44 bits per heavy atom. The Hall–Kier alpha value is -0.840. The molecule has 1 unspecified atom stereocenters. The number of hydrogen-bond donors (Lipinski definition) is 3. The number of carbonyl (C=O) groups is 1. The van der Waals surface area contributed by atoms with E-state index in [0.29, 0.717) is 0 Å². The molecule has 0 heterocycles. The van der Waals surface area contributed by atoms with E-state index < -0.39 is 12.3 Å². The Morgan fingerprint density at radius 3 is 2.78 bits per heavy atom. The molecule has 0 aromatic carbocycles. The van der Waals surface area contributed by atoms with Crippen LogP contribution < -0.4 is 11.1 Å². The highest BCUT2D eigenvalue weighted by atomic mass is 19.1. The maximum atomic E-state index is 12.0. The Balaban J connectivity index is 3.16. The van der Waals surface area contributed by atoms with E-state index in [1.165, 1.54) is 0 Å². The Labute approximate surface area is 51.8 Å². The van der Waals surface area contributed by atoms with Gasteiger partial charge in [-0.15, -0.1) is 0 Å². The number of nitrogens with two attached hydrogens (primary N) is 1. The summed E-state index contributed by atoms with van der Waals surface area (Å²) in [4.78, 5) is 9.70. The summed E-state index contributed by atoms with van der Waals surface area (Å²) in [5, 5.41) is 9.80. The first-order chi connectivity index (χ1) is 4.16. The molecule has 0 fully saturated rings. The second kappa shape index (κ2) is 4.08. The van der Waals surface area contributed by atoms with Gasteiger partial charge in [0.2, 0.25) is 0 Å². The molecule has 9 heavy (non-hydrogen) atoms. The van der Waals surface area contributed by atoms with E-state index in [1.54, 1.807) is 0 Å². The summed E-state index contributed by atoms with van der Waals surface area (Å²) in [6.45, 7) is -0.383. The van der Waals surface area contributed by atoms with Crippen LogP contribution >= 0.6 is 0 Å². The topological polar surface area (TPSA) is 75.3 Å². The quantitative estimate of drug-likeness (QED) is 0.492. The molecule has 4 nitrogen and oxygen atoms in total. The first-order valence-electron chi connectivity index (χ1n) is 2.47. The van der Waals surface area contributed by atoms with Crippen molar-refractivity contribution in [2.45, 2.75) is 6.17 Å². The van der Waals surface area contributed by atoms with Gasteiger partial charge in [0.05, 0.1) is 6.54 Å². The lowest BCUT2D eigenvalue weighted by atomic mass is 10.4. The molecule has 0 aliphatic rings. The van der Waals surface area contributed by atoms with Crippen molar-refractivity contribution in [3.05, 3.63) is 0 Å². The van der Waals surface area contributed by atoms with Crippen LogP contribution in [0.2, 0.25) is 0 Å². The molecule has 0 bridgehead atoms. The maximum absolute atomic E-state index is 12.0. The van der Waals surface area contributed by atoms with Crippen LogP contribution in [0.5, 0.6) is 0 Å². The summed E-state index contributed by atoms with van der Waals surface area (Å²) in [6, 6.07) is 0. The fourth-order valence-corrected chi connectivity index (χ4v) is 0.281. The van der Waals surface area contributed by atoms with Gasteiger partial charge in [-0.2, -0.15) is 0 Å². The van der Waals surface area contributed by atoms with Crippen molar-refractivity contribution in [1.82, 2.24) is 5.32 Å². The van der Waals surface area contributed by atoms with Gasteiger partial charge >= 0.3 is 6.09 Å². The van der Waals surface area contributed by atoms with E-state index in [4.69, 9.17) is 10.8 Å². The van der Waals surface area contributed by atoms with Crippen molar-refractivity contribution < 1.29 is 14.3 Å². The van der Waals surface area contributed by atoms with Gasteiger partial charge in [0.15, 0.2) is 0 Å². The molecule has 0 aliphatic carbocycles. The number of hydrogen-bond acceptors (Lipinski definition) is 2. The average Bonchev–Trinajstić information content (AvgIpc) is 1.83. The number of rotatable bonds is 3. The molecule has 54 valence electrons. The van der Waals surface area contributed by atoms with Gasteiger partial charge in [-0.1, -0.05) is 0 Å². The van der Waals surface area contributed by atoms with Gasteiger partial charge in [0.25, 0.3) is 0 Å². The van der Waals surface area contributed by atoms with Gasteiger partial charge in [-0.3, -0.25) is 0 Å². The molecule has 0 aromatic rings. The minimum absolute atomic E-state index is 0.152. The first-order valence-corrected chi connectivity index (χ1v) is 2.47. The number of carboxylic acid groups (broad SMARTS) is 1. The van der Waals surface area contributed by atoms with Crippen molar-refractivity contribution in [3.8, 4) is 0 Å². The van der Waals surface area contributed by atoms with Gasteiger partial charge in [0.1, 0.15) is 6.17 Å². The predicted molar refractivity (Wildman–Crippen MR) is 30.0 cm³/mol. The highest BCUT2D eigenvalue weighted by molar-refractivity contribution is 5.64. The molecular weight excluding hydrogens is 127 g/mol. The van der Waals surface area contributed by atoms with E-state index in [9.17, 15) is 9.18 Å². The summed E-state index contributed by atoms with van der Waals surface area (Å²) >= 11 is 0. The van der Waals surface area contributed by atoms with Crippen molar-refractivity contribution in [1.29, 1.82) is 0 Å². The minimum atomic E-state index is -1.28.